The molecular formula is C7H13NO4. The molecule has 0 aliphatic carbocycles. The van der Waals surface area contributed by atoms with Gasteiger partial charge in [0.15, 0.2) is 0 Å². The van der Waals surface area contributed by atoms with Gasteiger partial charge in [-0.25, -0.2) is 0 Å². The van der Waals surface area contributed by atoms with E-state index in [0.29, 0.717) is 0 Å². The zero-order valence-corrected chi connectivity index (χ0v) is 7.04. The largest absolute Gasteiger partial charge is 0.462 e. The number of carbonyl (C=O) groups excluding carboxylic acids is 2. The Morgan fingerprint density at radius 2 is 1.83 bits per heavy atom. The average molecular weight is 175 g/mol. The van der Waals surface area contributed by atoms with Crippen molar-refractivity contribution >= 4 is 11.9 Å². The maximum Gasteiger partial charge on any atom is 0.307 e. The number of carbonyl (C=O) groups is 2. The molecule has 70 valence electrons. The highest BCUT2D eigenvalue weighted by molar-refractivity contribution is 5.69. The summed E-state index contributed by atoms with van der Waals surface area (Å²) in [5, 5.41) is 0. The van der Waals surface area contributed by atoms with Crippen LogP contribution in [0.1, 0.15) is 13.3 Å². The fourth-order valence-corrected chi connectivity index (χ4v) is 0.531. The van der Waals surface area contributed by atoms with E-state index in [-0.39, 0.29) is 38.1 Å². The molecule has 0 bridgehead atoms. The lowest BCUT2D eigenvalue weighted by molar-refractivity contribution is -0.150. The molecule has 12 heavy (non-hydrogen) atoms. The Balaban J connectivity index is 3.19. The van der Waals surface area contributed by atoms with Crippen molar-refractivity contribution in [3.05, 3.63) is 0 Å². The van der Waals surface area contributed by atoms with Gasteiger partial charge in [0.2, 0.25) is 0 Å². The van der Waals surface area contributed by atoms with Gasteiger partial charge in [-0.05, 0) is 0 Å². The minimum Gasteiger partial charge on any atom is -0.462 e. The molecule has 0 rings (SSSR count). The lowest BCUT2D eigenvalue weighted by atomic mass is 10.4. The topological polar surface area (TPSA) is 78.6 Å². The van der Waals surface area contributed by atoms with Gasteiger partial charge in [0.1, 0.15) is 13.2 Å². The van der Waals surface area contributed by atoms with Crippen LogP contribution in [-0.4, -0.2) is 31.7 Å². The van der Waals surface area contributed by atoms with Gasteiger partial charge in [0.25, 0.3) is 0 Å². The van der Waals surface area contributed by atoms with E-state index in [1.54, 1.807) is 0 Å². The number of nitrogens with two attached hydrogens (primary N) is 1. The van der Waals surface area contributed by atoms with Crippen LogP contribution in [0.5, 0.6) is 0 Å². The van der Waals surface area contributed by atoms with E-state index in [1.165, 1.54) is 6.92 Å². The number of hydrogen-bond acceptors (Lipinski definition) is 5. The number of ether oxygens (including phenoxy) is 2. The molecule has 0 aromatic carbocycles. The average Bonchev–Trinajstić information content (AvgIpc) is 1.98. The number of hydrogen-bond donors (Lipinski definition) is 1. The Hall–Kier alpha value is -1.10. The van der Waals surface area contributed by atoms with E-state index in [0.717, 1.165) is 0 Å². The molecule has 0 amide bonds. The Morgan fingerprint density at radius 1 is 1.25 bits per heavy atom. The molecule has 0 aliphatic rings. The third-order valence-electron chi connectivity index (χ3n) is 1.00. The van der Waals surface area contributed by atoms with Gasteiger partial charge >= 0.3 is 11.9 Å². The number of esters is 2. The summed E-state index contributed by atoms with van der Waals surface area (Å²) in [6.45, 7) is 1.76. The summed E-state index contributed by atoms with van der Waals surface area (Å²) in [7, 11) is 0. The molecule has 0 radical (unpaired) electrons. The van der Waals surface area contributed by atoms with Gasteiger partial charge in [0.05, 0.1) is 6.42 Å². The van der Waals surface area contributed by atoms with Gasteiger partial charge in [-0.15, -0.1) is 0 Å². The highest BCUT2D eigenvalue weighted by Gasteiger charge is 2.00. The first-order valence-electron chi connectivity index (χ1n) is 3.66. The highest BCUT2D eigenvalue weighted by Crippen LogP contribution is 1.84. The SMILES string of the molecule is CC(=O)OCCOC(=O)CCN. The standard InChI is InChI=1S/C7H13NO4/c1-6(9)11-4-5-12-7(10)2-3-8/h2-5,8H2,1H3. The van der Waals surface area contributed by atoms with E-state index < -0.39 is 0 Å². The third-order valence-corrected chi connectivity index (χ3v) is 1.00. The van der Waals surface area contributed by atoms with Crippen LogP contribution in [0.25, 0.3) is 0 Å². The van der Waals surface area contributed by atoms with Crippen LogP contribution < -0.4 is 5.73 Å². The zero-order chi connectivity index (χ0) is 9.40. The van der Waals surface area contributed by atoms with Crippen molar-refractivity contribution < 1.29 is 19.1 Å². The smallest absolute Gasteiger partial charge is 0.307 e. The summed E-state index contributed by atoms with van der Waals surface area (Å²) >= 11 is 0. The van der Waals surface area contributed by atoms with E-state index in [2.05, 4.69) is 9.47 Å². The first-order valence-corrected chi connectivity index (χ1v) is 3.66. The Bertz CT molecular complexity index is 157. The van der Waals surface area contributed by atoms with E-state index in [1.807, 2.05) is 0 Å². The minimum absolute atomic E-state index is 0.0956. The molecular weight excluding hydrogens is 162 g/mol. The second kappa shape index (κ2) is 6.60. The Labute approximate surface area is 70.8 Å². The van der Waals surface area contributed by atoms with E-state index in [4.69, 9.17) is 5.73 Å². The van der Waals surface area contributed by atoms with Gasteiger partial charge in [-0.2, -0.15) is 0 Å². The molecule has 5 heteroatoms. The highest BCUT2D eigenvalue weighted by atomic mass is 16.6. The predicted molar refractivity (Wildman–Crippen MR) is 41.3 cm³/mol. The van der Waals surface area contributed by atoms with Crippen molar-refractivity contribution in [2.75, 3.05) is 19.8 Å². The fourth-order valence-electron chi connectivity index (χ4n) is 0.531. The summed E-state index contributed by atoms with van der Waals surface area (Å²) in [4.78, 5) is 20.9. The van der Waals surface area contributed by atoms with Crippen molar-refractivity contribution in [3.8, 4) is 0 Å². The summed E-state index contributed by atoms with van der Waals surface area (Å²) in [5.41, 5.74) is 5.10. The Morgan fingerprint density at radius 3 is 2.33 bits per heavy atom. The Kier molecular flexibility index (Phi) is 6.00. The van der Waals surface area contributed by atoms with Gasteiger partial charge in [-0.1, -0.05) is 0 Å². The fraction of sp³-hybridized carbons (Fsp3) is 0.714. The van der Waals surface area contributed by atoms with Crippen molar-refractivity contribution in [1.82, 2.24) is 0 Å². The second-order valence-electron chi connectivity index (χ2n) is 2.10. The maximum absolute atomic E-state index is 10.6. The van der Waals surface area contributed by atoms with E-state index in [9.17, 15) is 9.59 Å². The summed E-state index contributed by atoms with van der Waals surface area (Å²) < 4.78 is 9.16. The summed E-state index contributed by atoms with van der Waals surface area (Å²) in [6.07, 6.45) is 0.195. The summed E-state index contributed by atoms with van der Waals surface area (Å²) in [5.74, 6) is -0.755. The van der Waals surface area contributed by atoms with Crippen LogP contribution in [0.4, 0.5) is 0 Å². The van der Waals surface area contributed by atoms with Crippen LogP contribution in [-0.2, 0) is 19.1 Å². The van der Waals surface area contributed by atoms with Crippen LogP contribution in [0.2, 0.25) is 0 Å². The van der Waals surface area contributed by atoms with Gasteiger partial charge in [-0.3, -0.25) is 9.59 Å². The molecule has 0 saturated carbocycles. The molecule has 5 nitrogen and oxygen atoms in total. The molecule has 0 aliphatic heterocycles. The molecule has 0 aromatic heterocycles. The lowest BCUT2D eigenvalue weighted by Gasteiger charge is -2.03. The van der Waals surface area contributed by atoms with Crippen LogP contribution in [0, 0.1) is 0 Å². The van der Waals surface area contributed by atoms with Crippen molar-refractivity contribution in [1.29, 1.82) is 0 Å². The molecule has 0 aromatic rings. The molecule has 0 saturated heterocycles. The molecule has 2 N–H and O–H groups in total. The van der Waals surface area contributed by atoms with Crippen molar-refractivity contribution in [2.45, 2.75) is 13.3 Å². The summed E-state index contributed by atoms with van der Waals surface area (Å²) in [6, 6.07) is 0. The van der Waals surface area contributed by atoms with Crippen molar-refractivity contribution in [2.24, 2.45) is 5.73 Å². The molecule has 0 unspecified atom stereocenters. The lowest BCUT2D eigenvalue weighted by Crippen LogP contribution is -2.15. The van der Waals surface area contributed by atoms with Crippen molar-refractivity contribution in [3.63, 3.8) is 0 Å². The van der Waals surface area contributed by atoms with Gasteiger partial charge < -0.3 is 15.2 Å². The maximum atomic E-state index is 10.6. The zero-order valence-electron chi connectivity index (χ0n) is 7.04. The minimum atomic E-state index is -0.384. The predicted octanol–water partition coefficient (Wildman–Crippen LogP) is -0.558. The first-order chi connectivity index (χ1) is 5.66. The molecule has 0 atom stereocenters. The normalized spacial score (nSPS) is 9.17. The molecule has 0 fully saturated rings. The van der Waals surface area contributed by atoms with Gasteiger partial charge in [0, 0.05) is 13.5 Å². The molecule has 0 spiro atoms. The molecule has 0 heterocycles. The quantitative estimate of drug-likeness (QED) is 0.447. The second-order valence-corrected chi connectivity index (χ2v) is 2.10. The monoisotopic (exact) mass is 175 g/mol. The van der Waals surface area contributed by atoms with Crippen LogP contribution in [0.15, 0.2) is 0 Å². The number of rotatable bonds is 5. The van der Waals surface area contributed by atoms with Crippen LogP contribution in [0.3, 0.4) is 0 Å². The van der Waals surface area contributed by atoms with Crippen LogP contribution >= 0.6 is 0 Å². The third kappa shape index (κ3) is 7.01. The first kappa shape index (κ1) is 10.9. The van der Waals surface area contributed by atoms with E-state index >= 15 is 0 Å².